The molecule has 0 saturated heterocycles. The molecule has 3 nitrogen and oxygen atoms in total. The zero-order valence-corrected chi connectivity index (χ0v) is 8.84. The highest BCUT2D eigenvalue weighted by Crippen LogP contribution is 2.29. The molecule has 0 radical (unpaired) electrons. The molecule has 1 atom stereocenters. The predicted octanol–water partition coefficient (Wildman–Crippen LogP) is 2.61. The maximum Gasteiger partial charge on any atom is 0.425 e. The highest BCUT2D eigenvalue weighted by atomic mass is 19.4. The van der Waals surface area contributed by atoms with Crippen LogP contribution in [0, 0.1) is 0 Å². The topological polar surface area (TPSA) is 44.5 Å². The monoisotopic (exact) mass is 235 g/mol. The van der Waals surface area contributed by atoms with E-state index >= 15 is 0 Å². The lowest BCUT2D eigenvalue weighted by Crippen LogP contribution is -2.31. The van der Waals surface area contributed by atoms with E-state index in [2.05, 4.69) is 0 Å². The summed E-state index contributed by atoms with van der Waals surface area (Å²) in [6.07, 6.45) is -6.29. The molecule has 1 aromatic carbocycles. The molecule has 0 fully saturated rings. The number of rotatable bonds is 3. The van der Waals surface area contributed by atoms with Crippen LogP contribution in [0.3, 0.4) is 0 Å². The lowest BCUT2D eigenvalue weighted by molar-refractivity contribution is -0.189. The van der Waals surface area contributed by atoms with Crippen LogP contribution in [0.1, 0.15) is 6.92 Å². The Kier molecular flexibility index (Phi) is 3.51. The normalized spacial score (nSPS) is 13.3. The van der Waals surface area contributed by atoms with Crippen LogP contribution >= 0.6 is 0 Å². The summed E-state index contributed by atoms with van der Waals surface area (Å²) in [7, 11) is 1.39. The van der Waals surface area contributed by atoms with Gasteiger partial charge < -0.3 is 15.2 Å². The van der Waals surface area contributed by atoms with Gasteiger partial charge in [-0.3, -0.25) is 0 Å². The van der Waals surface area contributed by atoms with E-state index in [0.29, 0.717) is 5.75 Å². The van der Waals surface area contributed by atoms with E-state index in [4.69, 9.17) is 15.2 Å². The molecule has 0 saturated carbocycles. The first-order valence-corrected chi connectivity index (χ1v) is 4.51. The summed E-state index contributed by atoms with van der Waals surface area (Å²) in [6.45, 7) is 0.926. The van der Waals surface area contributed by atoms with Crippen molar-refractivity contribution >= 4 is 5.69 Å². The molecule has 0 aliphatic heterocycles. The number of ether oxygens (including phenoxy) is 2. The fraction of sp³-hybridized carbons (Fsp3) is 0.400. The molecule has 0 heterocycles. The Morgan fingerprint density at radius 1 is 1.19 bits per heavy atom. The number of halogens is 3. The number of nitrogens with two attached hydrogens (primary N) is 1. The third-order valence-corrected chi connectivity index (χ3v) is 1.91. The van der Waals surface area contributed by atoms with Gasteiger partial charge in [-0.25, -0.2) is 0 Å². The maximum absolute atomic E-state index is 12.2. The van der Waals surface area contributed by atoms with Crippen molar-refractivity contribution in [1.82, 2.24) is 0 Å². The van der Waals surface area contributed by atoms with Crippen molar-refractivity contribution in [1.29, 1.82) is 0 Å². The summed E-state index contributed by atoms with van der Waals surface area (Å²) < 4.78 is 46.3. The first-order chi connectivity index (χ1) is 7.32. The number of anilines is 1. The molecule has 1 rings (SSSR count). The average molecular weight is 235 g/mol. The molecule has 0 aromatic heterocycles. The zero-order chi connectivity index (χ0) is 12.3. The second kappa shape index (κ2) is 4.51. The Bertz CT molecular complexity index is 366. The molecule has 1 unspecified atom stereocenters. The minimum absolute atomic E-state index is 0.0293. The Hall–Kier alpha value is -1.59. The van der Waals surface area contributed by atoms with E-state index in [1.165, 1.54) is 25.3 Å². The third kappa shape index (κ3) is 3.22. The molecule has 90 valence electrons. The van der Waals surface area contributed by atoms with E-state index in [1.54, 1.807) is 0 Å². The molecule has 0 spiro atoms. The summed E-state index contributed by atoms with van der Waals surface area (Å²) in [5.41, 5.74) is 5.76. The number of benzene rings is 1. The van der Waals surface area contributed by atoms with E-state index in [-0.39, 0.29) is 11.4 Å². The van der Waals surface area contributed by atoms with Gasteiger partial charge in [-0.1, -0.05) is 0 Å². The van der Waals surface area contributed by atoms with Gasteiger partial charge in [0.25, 0.3) is 0 Å². The second-order valence-electron chi connectivity index (χ2n) is 3.24. The summed E-state index contributed by atoms with van der Waals surface area (Å²) in [4.78, 5) is 0. The standard InChI is InChI=1S/C10H12F3NO2/c1-6(10(11,12)13)16-9-4-7(14)3-8(5-9)15-2/h3-6H,14H2,1-2H3. The molecule has 16 heavy (non-hydrogen) atoms. The smallest absolute Gasteiger partial charge is 0.425 e. The Labute approximate surface area is 91.0 Å². The van der Waals surface area contributed by atoms with Crippen LogP contribution in [-0.2, 0) is 0 Å². The van der Waals surface area contributed by atoms with E-state index < -0.39 is 12.3 Å². The molecule has 6 heteroatoms. The van der Waals surface area contributed by atoms with Crippen molar-refractivity contribution in [3.05, 3.63) is 18.2 Å². The van der Waals surface area contributed by atoms with Crippen molar-refractivity contribution < 1.29 is 22.6 Å². The highest BCUT2D eigenvalue weighted by Gasteiger charge is 2.38. The van der Waals surface area contributed by atoms with Crippen molar-refractivity contribution in [2.75, 3.05) is 12.8 Å². The summed E-state index contributed by atoms with van der Waals surface area (Å²) in [6, 6.07) is 4.15. The van der Waals surface area contributed by atoms with Crippen LogP contribution in [0.5, 0.6) is 11.5 Å². The largest absolute Gasteiger partial charge is 0.497 e. The predicted molar refractivity (Wildman–Crippen MR) is 53.6 cm³/mol. The first-order valence-electron chi connectivity index (χ1n) is 4.51. The molecule has 0 aliphatic carbocycles. The summed E-state index contributed by atoms with van der Waals surface area (Å²) >= 11 is 0. The quantitative estimate of drug-likeness (QED) is 0.819. The molecule has 2 N–H and O–H groups in total. The molecular weight excluding hydrogens is 223 g/mol. The molecule has 1 aromatic rings. The van der Waals surface area contributed by atoms with Gasteiger partial charge in [-0.15, -0.1) is 0 Å². The lowest BCUT2D eigenvalue weighted by atomic mass is 10.3. The van der Waals surface area contributed by atoms with Crippen LogP contribution < -0.4 is 15.2 Å². The van der Waals surface area contributed by atoms with Crippen molar-refractivity contribution in [2.45, 2.75) is 19.2 Å². The van der Waals surface area contributed by atoms with Crippen LogP contribution in [-0.4, -0.2) is 19.4 Å². The average Bonchev–Trinajstić information content (AvgIpc) is 2.15. The Balaban J connectivity index is 2.85. The van der Waals surface area contributed by atoms with Crippen LogP contribution in [0.4, 0.5) is 18.9 Å². The SMILES string of the molecule is COc1cc(N)cc(OC(C)C(F)(F)F)c1. The van der Waals surface area contributed by atoms with Crippen molar-refractivity contribution in [3.8, 4) is 11.5 Å². The van der Waals surface area contributed by atoms with Crippen molar-refractivity contribution in [2.24, 2.45) is 0 Å². The first kappa shape index (κ1) is 12.5. The summed E-state index contributed by atoms with van der Waals surface area (Å²) in [5, 5.41) is 0. The Morgan fingerprint density at radius 3 is 2.25 bits per heavy atom. The van der Waals surface area contributed by atoms with Crippen LogP contribution in [0.25, 0.3) is 0 Å². The van der Waals surface area contributed by atoms with Gasteiger partial charge in [0.05, 0.1) is 7.11 Å². The Morgan fingerprint density at radius 2 is 1.75 bits per heavy atom. The number of hydrogen-bond donors (Lipinski definition) is 1. The van der Waals surface area contributed by atoms with Gasteiger partial charge in [0.2, 0.25) is 0 Å². The molecule has 0 aliphatic rings. The zero-order valence-electron chi connectivity index (χ0n) is 8.84. The second-order valence-corrected chi connectivity index (χ2v) is 3.24. The summed E-state index contributed by atoms with van der Waals surface area (Å²) in [5.74, 6) is 0.381. The number of methoxy groups -OCH3 is 1. The van der Waals surface area contributed by atoms with Gasteiger partial charge in [0.1, 0.15) is 11.5 Å². The number of nitrogen functional groups attached to an aromatic ring is 1. The third-order valence-electron chi connectivity index (χ3n) is 1.91. The van der Waals surface area contributed by atoms with Gasteiger partial charge in [0.15, 0.2) is 6.10 Å². The minimum Gasteiger partial charge on any atom is -0.497 e. The van der Waals surface area contributed by atoms with E-state index in [1.807, 2.05) is 0 Å². The lowest BCUT2D eigenvalue weighted by Gasteiger charge is -2.18. The number of hydrogen-bond acceptors (Lipinski definition) is 3. The van der Waals surface area contributed by atoms with Gasteiger partial charge in [-0.2, -0.15) is 13.2 Å². The van der Waals surface area contributed by atoms with E-state index in [9.17, 15) is 13.2 Å². The van der Waals surface area contributed by atoms with E-state index in [0.717, 1.165) is 6.92 Å². The van der Waals surface area contributed by atoms with Gasteiger partial charge in [0, 0.05) is 23.9 Å². The molecular formula is C10H12F3NO2. The molecule has 0 amide bonds. The maximum atomic E-state index is 12.2. The fourth-order valence-corrected chi connectivity index (χ4v) is 1.05. The van der Waals surface area contributed by atoms with Crippen LogP contribution in [0.2, 0.25) is 0 Å². The van der Waals surface area contributed by atoms with Crippen LogP contribution in [0.15, 0.2) is 18.2 Å². The van der Waals surface area contributed by atoms with Crippen molar-refractivity contribution in [3.63, 3.8) is 0 Å². The van der Waals surface area contributed by atoms with Gasteiger partial charge in [-0.05, 0) is 6.92 Å². The molecule has 0 bridgehead atoms. The highest BCUT2D eigenvalue weighted by molar-refractivity contribution is 5.50. The number of alkyl halides is 3. The van der Waals surface area contributed by atoms with Gasteiger partial charge >= 0.3 is 6.18 Å². The minimum atomic E-state index is -4.40. The fourth-order valence-electron chi connectivity index (χ4n) is 1.05.